The lowest BCUT2D eigenvalue weighted by molar-refractivity contribution is -0.123. The number of amides is 3. The number of carbonyl (C=O) groups is 2. The molecule has 0 radical (unpaired) electrons. The number of nitrogens with one attached hydrogen (secondary N) is 1. The fourth-order valence-corrected chi connectivity index (χ4v) is 6.27. The largest absolute Gasteiger partial charge is 0.329 e. The summed E-state index contributed by atoms with van der Waals surface area (Å²) in [5, 5.41) is 13.6. The Morgan fingerprint density at radius 1 is 1.12 bits per heavy atom. The zero-order valence-corrected chi connectivity index (χ0v) is 20.4. The molecule has 3 heterocycles. The molecule has 2 aliphatic rings. The Morgan fingerprint density at radius 3 is 2.59 bits per heavy atom. The fraction of sp³-hybridized carbons (Fsp3) is 0.296. The molecule has 172 valence electrons. The molecule has 1 saturated heterocycles. The summed E-state index contributed by atoms with van der Waals surface area (Å²) < 4.78 is 2.11. The molecule has 0 atom stereocenters. The van der Waals surface area contributed by atoms with Crippen LogP contribution in [-0.2, 0) is 24.2 Å². The van der Waals surface area contributed by atoms with Gasteiger partial charge in [0.15, 0.2) is 0 Å². The molecule has 0 saturated carbocycles. The first kappa shape index (κ1) is 22.2. The van der Waals surface area contributed by atoms with Crippen LogP contribution < -0.4 is 5.32 Å². The van der Waals surface area contributed by atoms with Crippen LogP contribution in [0.15, 0.2) is 36.0 Å². The minimum atomic E-state index is -0.414. The lowest BCUT2D eigenvalue weighted by atomic mass is 9.96. The van der Waals surface area contributed by atoms with Crippen molar-refractivity contribution in [2.45, 2.75) is 53.0 Å². The Bertz CT molecular complexity index is 1390. The van der Waals surface area contributed by atoms with Gasteiger partial charge in [-0.2, -0.15) is 5.26 Å². The predicted molar refractivity (Wildman–Crippen MR) is 133 cm³/mol. The molecule has 3 aromatic rings. The summed E-state index contributed by atoms with van der Waals surface area (Å²) in [5.41, 5.74) is 7.06. The Hall–Kier alpha value is -3.63. The van der Waals surface area contributed by atoms with E-state index in [0.717, 1.165) is 57.9 Å². The number of hydrogen-bond donors (Lipinski definition) is 1. The van der Waals surface area contributed by atoms with E-state index in [4.69, 9.17) is 0 Å². The highest BCUT2D eigenvalue weighted by Crippen LogP contribution is 2.38. The van der Waals surface area contributed by atoms with Gasteiger partial charge in [-0.3, -0.25) is 9.69 Å². The van der Waals surface area contributed by atoms with Crippen molar-refractivity contribution in [2.75, 3.05) is 0 Å². The van der Waals surface area contributed by atoms with Crippen LogP contribution >= 0.6 is 11.3 Å². The number of imide groups is 1. The lowest BCUT2D eigenvalue weighted by Crippen LogP contribution is -2.30. The van der Waals surface area contributed by atoms with Crippen LogP contribution in [0.5, 0.6) is 0 Å². The number of nitrogens with zero attached hydrogens (tertiary/aromatic N) is 3. The first-order chi connectivity index (χ1) is 16.4. The summed E-state index contributed by atoms with van der Waals surface area (Å²) >= 11 is 1.70. The van der Waals surface area contributed by atoms with E-state index in [9.17, 15) is 14.9 Å². The van der Waals surface area contributed by atoms with E-state index >= 15 is 0 Å². The van der Waals surface area contributed by atoms with E-state index in [2.05, 4.69) is 16.0 Å². The highest BCUT2D eigenvalue weighted by molar-refractivity contribution is 7.15. The molecular weight excluding hydrogens is 444 g/mol. The van der Waals surface area contributed by atoms with Gasteiger partial charge >= 0.3 is 6.03 Å². The van der Waals surface area contributed by atoms with Gasteiger partial charge in [-0.15, -0.1) is 11.3 Å². The zero-order valence-electron chi connectivity index (χ0n) is 19.6. The standard InChI is InChI=1S/C27H26N4O2S/c1-16-8-10-19(11-9-16)15-30-25(32)23(29-27(30)33)13-20-12-17(2)31(18(20)3)26-22(14-28)21-6-4-5-7-24(21)34-26/h8-13H,4-7,15H2,1-3H3,(H,29,33)/b23-13+. The molecule has 1 N–H and O–H groups in total. The van der Waals surface area contributed by atoms with Crippen LogP contribution in [0.1, 0.15) is 56.9 Å². The van der Waals surface area contributed by atoms with Gasteiger partial charge < -0.3 is 9.88 Å². The molecule has 0 spiro atoms. The van der Waals surface area contributed by atoms with Gasteiger partial charge in [0.2, 0.25) is 0 Å². The number of fused-ring (bicyclic) bond motifs is 1. The second kappa shape index (κ2) is 8.62. The minimum absolute atomic E-state index is 0.230. The van der Waals surface area contributed by atoms with Crippen molar-refractivity contribution < 1.29 is 9.59 Å². The molecule has 3 amide bonds. The van der Waals surface area contributed by atoms with Crippen LogP contribution in [0.4, 0.5) is 4.79 Å². The summed E-state index contributed by atoms with van der Waals surface area (Å²) in [5.74, 6) is -0.334. The average Bonchev–Trinajstić information content (AvgIpc) is 3.41. The van der Waals surface area contributed by atoms with Gasteiger partial charge in [-0.1, -0.05) is 29.8 Å². The molecular formula is C27H26N4O2S. The number of thiophene rings is 1. The van der Waals surface area contributed by atoms with E-state index in [1.807, 2.05) is 51.1 Å². The van der Waals surface area contributed by atoms with E-state index in [1.54, 1.807) is 17.4 Å². The molecule has 0 bridgehead atoms. The maximum Gasteiger partial charge on any atom is 0.329 e. The summed E-state index contributed by atoms with van der Waals surface area (Å²) in [6.07, 6.45) is 6.03. The molecule has 1 aliphatic carbocycles. The third-order valence-corrected chi connectivity index (χ3v) is 7.94. The summed E-state index contributed by atoms with van der Waals surface area (Å²) in [7, 11) is 0. The maximum atomic E-state index is 13.0. The summed E-state index contributed by atoms with van der Waals surface area (Å²) in [4.78, 5) is 28.1. The van der Waals surface area contributed by atoms with Crippen molar-refractivity contribution in [3.05, 3.63) is 80.1 Å². The summed E-state index contributed by atoms with van der Waals surface area (Å²) in [6, 6.07) is 11.8. The van der Waals surface area contributed by atoms with Crippen molar-refractivity contribution in [2.24, 2.45) is 0 Å². The smallest absolute Gasteiger partial charge is 0.308 e. The van der Waals surface area contributed by atoms with Gasteiger partial charge in [-0.05, 0) is 75.3 Å². The van der Waals surface area contributed by atoms with Crippen molar-refractivity contribution in [3.63, 3.8) is 0 Å². The second-order valence-electron chi connectivity index (χ2n) is 9.03. The number of aryl methyl sites for hydroxylation is 3. The predicted octanol–water partition coefficient (Wildman–Crippen LogP) is 5.31. The van der Waals surface area contributed by atoms with Gasteiger partial charge in [0.1, 0.15) is 16.8 Å². The molecule has 7 heteroatoms. The second-order valence-corrected chi connectivity index (χ2v) is 10.1. The SMILES string of the molecule is Cc1ccc(CN2C(=O)N/C(=C/c3cc(C)n(-c4sc5c(c4C#N)CCCC5)c3C)C2=O)cc1. The van der Waals surface area contributed by atoms with Crippen molar-refractivity contribution in [3.8, 4) is 11.1 Å². The monoisotopic (exact) mass is 470 g/mol. The van der Waals surface area contributed by atoms with Gasteiger partial charge in [0.25, 0.3) is 5.91 Å². The highest BCUT2D eigenvalue weighted by Gasteiger charge is 2.34. The van der Waals surface area contributed by atoms with Gasteiger partial charge in [-0.25, -0.2) is 4.79 Å². The Morgan fingerprint density at radius 2 is 1.85 bits per heavy atom. The van der Waals surface area contributed by atoms with Crippen LogP contribution in [0.3, 0.4) is 0 Å². The summed E-state index contributed by atoms with van der Waals surface area (Å²) in [6.45, 7) is 6.23. The molecule has 6 nitrogen and oxygen atoms in total. The van der Waals surface area contributed by atoms with Gasteiger partial charge in [0.05, 0.1) is 12.1 Å². The fourth-order valence-electron chi connectivity index (χ4n) is 4.82. The molecule has 5 rings (SSSR count). The van der Waals surface area contributed by atoms with Crippen LogP contribution in [-0.4, -0.2) is 21.4 Å². The zero-order chi connectivity index (χ0) is 24.0. The molecule has 1 fully saturated rings. The number of urea groups is 1. The van der Waals surface area contributed by atoms with Crippen LogP contribution in [0.2, 0.25) is 0 Å². The molecule has 0 unspecified atom stereocenters. The first-order valence-corrected chi connectivity index (χ1v) is 12.3. The molecule has 1 aromatic carbocycles. The van der Waals surface area contributed by atoms with Gasteiger partial charge in [0, 0.05) is 16.3 Å². The Labute approximate surface area is 203 Å². The number of rotatable bonds is 4. The number of hydrogen-bond acceptors (Lipinski definition) is 4. The number of aromatic nitrogens is 1. The van der Waals surface area contributed by atoms with E-state index in [-0.39, 0.29) is 18.1 Å². The van der Waals surface area contributed by atoms with Crippen LogP contribution in [0, 0.1) is 32.1 Å². The van der Waals surface area contributed by atoms with E-state index in [0.29, 0.717) is 0 Å². The Kier molecular flexibility index (Phi) is 5.62. The Balaban J connectivity index is 1.47. The topological polar surface area (TPSA) is 78.1 Å². The van der Waals surface area contributed by atoms with Crippen molar-refractivity contribution in [1.82, 2.24) is 14.8 Å². The third kappa shape index (κ3) is 3.74. The third-order valence-electron chi connectivity index (χ3n) is 6.66. The normalized spacial score (nSPS) is 16.6. The van der Waals surface area contributed by atoms with E-state index in [1.165, 1.54) is 21.8 Å². The van der Waals surface area contributed by atoms with Crippen molar-refractivity contribution >= 4 is 29.4 Å². The quantitative estimate of drug-likeness (QED) is 0.415. The van der Waals surface area contributed by atoms with Crippen LogP contribution in [0.25, 0.3) is 11.1 Å². The number of benzene rings is 1. The molecule has 1 aliphatic heterocycles. The molecule has 2 aromatic heterocycles. The average molecular weight is 471 g/mol. The van der Waals surface area contributed by atoms with E-state index < -0.39 is 6.03 Å². The number of carbonyl (C=O) groups excluding carboxylic acids is 2. The molecule has 34 heavy (non-hydrogen) atoms. The lowest BCUT2D eigenvalue weighted by Gasteiger charge is -2.11. The maximum absolute atomic E-state index is 13.0. The highest BCUT2D eigenvalue weighted by atomic mass is 32.1. The number of nitriles is 1. The van der Waals surface area contributed by atoms with Crippen molar-refractivity contribution in [1.29, 1.82) is 5.26 Å². The first-order valence-electron chi connectivity index (χ1n) is 11.5. The minimum Gasteiger partial charge on any atom is -0.308 e.